The van der Waals surface area contributed by atoms with E-state index < -0.39 is 0 Å². The molecular weight excluding hydrogens is 216 g/mol. The molecule has 1 aliphatic rings. The van der Waals surface area contributed by atoms with Crippen molar-refractivity contribution in [2.45, 2.75) is 12.8 Å². The van der Waals surface area contributed by atoms with Gasteiger partial charge in [-0.3, -0.25) is 0 Å². The van der Waals surface area contributed by atoms with E-state index in [0.29, 0.717) is 0 Å². The van der Waals surface area contributed by atoms with Gasteiger partial charge >= 0.3 is 0 Å². The second kappa shape index (κ2) is 6.61. The Bertz CT molecular complexity index is 504. The molecule has 0 N–H and O–H groups in total. The summed E-state index contributed by atoms with van der Waals surface area (Å²) in [5.41, 5.74) is 3.94. The third-order valence-electron chi connectivity index (χ3n) is 2.74. The molecule has 0 radical (unpaired) electrons. The highest BCUT2D eigenvalue weighted by Crippen LogP contribution is 2.27. The number of hydrogen-bond donors (Lipinski definition) is 0. The van der Waals surface area contributed by atoms with Gasteiger partial charge in [-0.1, -0.05) is 85.0 Å². The zero-order valence-electron chi connectivity index (χ0n) is 10.5. The Kier molecular flexibility index (Phi) is 4.54. The van der Waals surface area contributed by atoms with Crippen LogP contribution in [0.25, 0.3) is 6.08 Å². The number of allylic oxidation sites excluding steroid dienone is 8. The van der Waals surface area contributed by atoms with Gasteiger partial charge in [0.1, 0.15) is 0 Å². The second-order valence-corrected chi connectivity index (χ2v) is 4.33. The molecule has 0 spiro atoms. The molecule has 0 nitrogen and oxygen atoms in total. The molecule has 2 rings (SSSR count). The van der Waals surface area contributed by atoms with Crippen LogP contribution < -0.4 is 0 Å². The molecule has 0 aliphatic heterocycles. The largest absolute Gasteiger partial charge is 0.0991 e. The lowest BCUT2D eigenvalue weighted by Crippen LogP contribution is -1.72. The molecule has 0 unspecified atom stereocenters. The monoisotopic (exact) mass is 234 g/mol. The lowest BCUT2D eigenvalue weighted by molar-refractivity contribution is 1.50. The minimum Gasteiger partial charge on any atom is -0.0991 e. The molecule has 0 atom stereocenters. The summed E-state index contributed by atoms with van der Waals surface area (Å²) < 4.78 is 0. The van der Waals surface area contributed by atoms with E-state index in [0.717, 1.165) is 0 Å². The Balaban J connectivity index is 2.11. The minimum atomic E-state index is 1.19. The van der Waals surface area contributed by atoms with Gasteiger partial charge in [0, 0.05) is 0 Å². The number of hydrogen-bond acceptors (Lipinski definition) is 0. The predicted octanol–water partition coefficient (Wildman–Crippen LogP) is 5.09. The van der Waals surface area contributed by atoms with Gasteiger partial charge in [0.05, 0.1) is 0 Å². The fraction of sp³-hybridized carbons (Fsp3) is 0.111. The maximum atomic E-state index is 3.70. The lowest BCUT2D eigenvalue weighted by Gasteiger charge is -1.94. The van der Waals surface area contributed by atoms with E-state index in [4.69, 9.17) is 0 Å². The summed E-state index contributed by atoms with van der Waals surface area (Å²) in [6, 6.07) is 10.3. The fourth-order valence-electron chi connectivity index (χ4n) is 1.56. The average molecular weight is 234 g/mol. The van der Waals surface area contributed by atoms with E-state index in [1.54, 1.807) is 6.08 Å². The van der Waals surface area contributed by atoms with Gasteiger partial charge in [-0.05, 0) is 24.0 Å². The van der Waals surface area contributed by atoms with Gasteiger partial charge in [0.25, 0.3) is 0 Å². The summed E-state index contributed by atoms with van der Waals surface area (Å²) >= 11 is 0. The van der Waals surface area contributed by atoms with Gasteiger partial charge in [-0.15, -0.1) is 0 Å². The van der Waals surface area contributed by atoms with Gasteiger partial charge in [-0.25, -0.2) is 0 Å². The van der Waals surface area contributed by atoms with E-state index in [2.05, 4.69) is 61.2 Å². The van der Waals surface area contributed by atoms with Crippen LogP contribution in [0.4, 0.5) is 0 Å². The highest BCUT2D eigenvalue weighted by molar-refractivity contribution is 5.55. The molecule has 1 aliphatic carbocycles. The van der Waals surface area contributed by atoms with Crippen molar-refractivity contribution in [3.05, 3.63) is 90.1 Å². The zero-order valence-corrected chi connectivity index (χ0v) is 10.5. The van der Waals surface area contributed by atoms with Crippen LogP contribution in [0.1, 0.15) is 18.4 Å². The average Bonchev–Trinajstić information content (AvgIpc) is 3.23. The molecule has 0 heteroatoms. The molecule has 0 saturated heterocycles. The van der Waals surface area contributed by atoms with E-state index in [1.165, 1.54) is 29.6 Å². The van der Waals surface area contributed by atoms with Crippen LogP contribution >= 0.6 is 0 Å². The summed E-state index contributed by atoms with van der Waals surface area (Å²) in [7, 11) is 0. The smallest absolute Gasteiger partial charge is 0.0256 e. The summed E-state index contributed by atoms with van der Waals surface area (Å²) in [4.78, 5) is 0. The van der Waals surface area contributed by atoms with Crippen molar-refractivity contribution in [1.29, 1.82) is 0 Å². The van der Waals surface area contributed by atoms with E-state index in [1.807, 2.05) is 12.1 Å². The highest BCUT2D eigenvalue weighted by atomic mass is 14.1. The molecule has 90 valence electrons. The van der Waals surface area contributed by atoms with E-state index >= 15 is 0 Å². The minimum absolute atomic E-state index is 1.19. The van der Waals surface area contributed by atoms with Crippen molar-refractivity contribution in [3.63, 3.8) is 0 Å². The Hall–Kier alpha value is -2.08. The van der Waals surface area contributed by atoms with Gasteiger partial charge < -0.3 is 0 Å². The van der Waals surface area contributed by atoms with Gasteiger partial charge in [0.2, 0.25) is 0 Å². The number of benzene rings is 1. The van der Waals surface area contributed by atoms with Crippen LogP contribution in [0, 0.1) is 0 Å². The van der Waals surface area contributed by atoms with Crippen molar-refractivity contribution < 1.29 is 0 Å². The van der Waals surface area contributed by atoms with Crippen LogP contribution in [0.3, 0.4) is 0 Å². The highest BCUT2D eigenvalue weighted by Gasteiger charge is 2.08. The second-order valence-electron chi connectivity index (χ2n) is 4.33. The fourth-order valence-corrected chi connectivity index (χ4v) is 1.56. The SMILES string of the molecule is C=CC=CC(C=Cc1ccccc1)=CC=C1CC1. The normalized spacial score (nSPS) is 15.3. The topological polar surface area (TPSA) is 0 Å². The van der Waals surface area contributed by atoms with Crippen molar-refractivity contribution in [3.8, 4) is 0 Å². The predicted molar refractivity (Wildman–Crippen MR) is 80.2 cm³/mol. The van der Waals surface area contributed by atoms with Crippen LogP contribution in [0.5, 0.6) is 0 Å². The van der Waals surface area contributed by atoms with Gasteiger partial charge in [-0.2, -0.15) is 0 Å². The van der Waals surface area contributed by atoms with Crippen molar-refractivity contribution in [2.75, 3.05) is 0 Å². The Labute approximate surface area is 109 Å². The van der Waals surface area contributed by atoms with Crippen LogP contribution in [-0.2, 0) is 0 Å². The van der Waals surface area contributed by atoms with Crippen LogP contribution in [-0.4, -0.2) is 0 Å². The third kappa shape index (κ3) is 4.42. The van der Waals surface area contributed by atoms with Crippen LogP contribution in [0.15, 0.2) is 84.5 Å². The molecule has 1 saturated carbocycles. The third-order valence-corrected chi connectivity index (χ3v) is 2.74. The standard InChI is InChI=1S/C18H18/c1-2-3-7-17(12-13-18-14-15-18)11-10-16-8-5-4-6-9-16/h2-13H,1,14-15H2. The van der Waals surface area contributed by atoms with Crippen molar-refractivity contribution >= 4 is 6.08 Å². The summed E-state index contributed by atoms with van der Waals surface area (Å²) in [5.74, 6) is 0. The molecule has 0 amide bonds. The Morgan fingerprint density at radius 1 is 1.06 bits per heavy atom. The Morgan fingerprint density at radius 2 is 1.83 bits per heavy atom. The summed E-state index contributed by atoms with van der Waals surface area (Å²) in [6.45, 7) is 3.70. The molecule has 1 aromatic carbocycles. The molecular formula is C18H18. The van der Waals surface area contributed by atoms with Crippen LogP contribution in [0.2, 0.25) is 0 Å². The molecule has 1 aromatic rings. The quantitative estimate of drug-likeness (QED) is 0.622. The van der Waals surface area contributed by atoms with Crippen molar-refractivity contribution in [1.82, 2.24) is 0 Å². The first-order valence-electron chi connectivity index (χ1n) is 6.30. The van der Waals surface area contributed by atoms with Gasteiger partial charge in [0.15, 0.2) is 0 Å². The maximum Gasteiger partial charge on any atom is -0.0256 e. The van der Waals surface area contributed by atoms with E-state index in [9.17, 15) is 0 Å². The first kappa shape index (κ1) is 12.4. The molecule has 18 heavy (non-hydrogen) atoms. The molecule has 1 fully saturated rings. The summed E-state index contributed by atoms with van der Waals surface area (Å²) in [5, 5.41) is 0. The maximum absolute atomic E-state index is 3.70. The first-order chi connectivity index (χ1) is 8.88. The lowest BCUT2D eigenvalue weighted by atomic mass is 10.1. The number of rotatable bonds is 5. The molecule has 0 heterocycles. The van der Waals surface area contributed by atoms with Crippen molar-refractivity contribution in [2.24, 2.45) is 0 Å². The zero-order chi connectivity index (χ0) is 12.6. The van der Waals surface area contributed by atoms with E-state index in [-0.39, 0.29) is 0 Å². The first-order valence-corrected chi connectivity index (χ1v) is 6.30. The Morgan fingerprint density at radius 3 is 2.50 bits per heavy atom. The summed E-state index contributed by atoms with van der Waals surface area (Å²) in [6.07, 6.45) is 17.0. The molecule has 0 aromatic heterocycles. The molecule has 0 bridgehead atoms.